The minimum absolute atomic E-state index is 0. The van der Waals surface area contributed by atoms with E-state index >= 15 is 0 Å². The zero-order valence-electron chi connectivity index (χ0n) is 17.5. The van der Waals surface area contributed by atoms with E-state index < -0.39 is 6.10 Å². The predicted octanol–water partition coefficient (Wildman–Crippen LogP) is 3.78. The molecule has 29 heavy (non-hydrogen) atoms. The lowest BCUT2D eigenvalue weighted by Gasteiger charge is -2.36. The van der Waals surface area contributed by atoms with Crippen LogP contribution in [0.4, 0.5) is 5.82 Å². The van der Waals surface area contributed by atoms with Crippen molar-refractivity contribution in [3.8, 4) is 5.75 Å². The van der Waals surface area contributed by atoms with E-state index in [0.29, 0.717) is 13.2 Å². The van der Waals surface area contributed by atoms with Gasteiger partial charge in [-0.3, -0.25) is 4.90 Å². The smallest absolute Gasteiger partial charge is 0.128 e. The molecule has 1 aromatic carbocycles. The average molecular weight is 442 g/mol. The van der Waals surface area contributed by atoms with Gasteiger partial charge in [0.05, 0.1) is 0 Å². The molecule has 3 rings (SSSR count). The minimum atomic E-state index is -0.501. The number of hydrogen-bond donors (Lipinski definition) is 1. The molecule has 7 heteroatoms. The number of rotatable bonds is 6. The first-order valence-electron chi connectivity index (χ1n) is 9.72. The van der Waals surface area contributed by atoms with E-state index in [2.05, 4.69) is 41.6 Å². The Balaban J connectivity index is 0.00000210. The molecule has 0 amide bonds. The van der Waals surface area contributed by atoms with Crippen LogP contribution in [0.2, 0.25) is 0 Å². The molecule has 1 fully saturated rings. The highest BCUT2D eigenvalue weighted by Gasteiger charge is 2.22. The number of benzene rings is 1. The standard InChI is InChI=1S/C22H31N3O2.2ClH/c1-22(2,3)19-8-4-5-9-20(19)27-17-18(26)16-24-12-14-25(15-13-24)21-10-6-7-11-23-21;;/h4-11,18,26H,12-17H2,1-3H3;2*1H. The Morgan fingerprint density at radius 2 is 1.66 bits per heavy atom. The number of halogens is 2. The number of β-amino-alcohol motifs (C(OH)–C–C–N with tert-alkyl or cyclic N) is 1. The first kappa shape index (κ1) is 25.5. The van der Waals surface area contributed by atoms with Gasteiger partial charge in [0.15, 0.2) is 0 Å². The lowest BCUT2D eigenvalue weighted by molar-refractivity contribution is 0.0656. The van der Waals surface area contributed by atoms with Gasteiger partial charge in [-0.25, -0.2) is 4.98 Å². The summed E-state index contributed by atoms with van der Waals surface area (Å²) in [4.78, 5) is 9.00. The van der Waals surface area contributed by atoms with Crippen LogP contribution in [0.5, 0.6) is 5.75 Å². The van der Waals surface area contributed by atoms with Gasteiger partial charge in [0.1, 0.15) is 24.3 Å². The Morgan fingerprint density at radius 1 is 1.00 bits per heavy atom. The van der Waals surface area contributed by atoms with Crippen LogP contribution in [0.3, 0.4) is 0 Å². The summed E-state index contributed by atoms with van der Waals surface area (Å²) in [7, 11) is 0. The van der Waals surface area contributed by atoms with Crippen molar-refractivity contribution in [3.05, 3.63) is 54.2 Å². The maximum atomic E-state index is 10.4. The van der Waals surface area contributed by atoms with Crippen molar-refractivity contribution in [2.45, 2.75) is 32.3 Å². The van der Waals surface area contributed by atoms with E-state index in [1.165, 1.54) is 5.56 Å². The summed E-state index contributed by atoms with van der Waals surface area (Å²) in [5.41, 5.74) is 1.18. The molecule has 1 aromatic heterocycles. The van der Waals surface area contributed by atoms with Crippen molar-refractivity contribution < 1.29 is 9.84 Å². The summed E-state index contributed by atoms with van der Waals surface area (Å²) < 4.78 is 5.96. The number of nitrogens with zero attached hydrogens (tertiary/aromatic N) is 3. The lowest BCUT2D eigenvalue weighted by Crippen LogP contribution is -2.49. The monoisotopic (exact) mass is 441 g/mol. The number of aromatic nitrogens is 1. The van der Waals surface area contributed by atoms with Crippen molar-refractivity contribution in [2.24, 2.45) is 0 Å². The lowest BCUT2D eigenvalue weighted by atomic mass is 9.86. The van der Waals surface area contributed by atoms with Crippen LogP contribution in [-0.2, 0) is 5.41 Å². The molecule has 1 N–H and O–H groups in total. The summed E-state index contributed by atoms with van der Waals surface area (Å²) in [5, 5.41) is 10.4. The SMILES string of the molecule is CC(C)(C)c1ccccc1OCC(O)CN1CCN(c2ccccn2)CC1.Cl.Cl. The molecule has 5 nitrogen and oxygen atoms in total. The molecule has 2 aromatic rings. The maximum Gasteiger partial charge on any atom is 0.128 e. The van der Waals surface area contributed by atoms with Gasteiger partial charge >= 0.3 is 0 Å². The molecular weight excluding hydrogens is 409 g/mol. The van der Waals surface area contributed by atoms with E-state index in [9.17, 15) is 5.11 Å². The Hall–Kier alpha value is -1.53. The third kappa shape index (κ3) is 7.34. The molecule has 1 saturated heterocycles. The fourth-order valence-corrected chi connectivity index (χ4v) is 3.45. The second-order valence-electron chi connectivity index (χ2n) is 8.19. The quantitative estimate of drug-likeness (QED) is 0.738. The van der Waals surface area contributed by atoms with E-state index in [1.54, 1.807) is 0 Å². The molecule has 0 radical (unpaired) electrons. The normalized spacial score (nSPS) is 15.8. The number of hydrogen-bond acceptors (Lipinski definition) is 5. The Bertz CT molecular complexity index is 717. The van der Waals surface area contributed by atoms with Gasteiger partial charge in [-0.1, -0.05) is 45.0 Å². The van der Waals surface area contributed by atoms with Crippen molar-refractivity contribution in [3.63, 3.8) is 0 Å². The number of pyridine rings is 1. The molecular formula is C22H33Cl2N3O2. The number of aliphatic hydroxyl groups excluding tert-OH is 1. The molecule has 1 aliphatic heterocycles. The van der Waals surface area contributed by atoms with Crippen LogP contribution in [0.25, 0.3) is 0 Å². The van der Waals surface area contributed by atoms with Crippen molar-refractivity contribution in [1.82, 2.24) is 9.88 Å². The first-order chi connectivity index (χ1) is 12.9. The van der Waals surface area contributed by atoms with Crippen LogP contribution in [-0.4, -0.2) is 60.4 Å². The van der Waals surface area contributed by atoms with Crippen LogP contribution < -0.4 is 9.64 Å². The number of piperazine rings is 1. The molecule has 1 unspecified atom stereocenters. The molecule has 0 bridgehead atoms. The third-order valence-electron chi connectivity index (χ3n) is 4.94. The summed E-state index contributed by atoms with van der Waals surface area (Å²) in [6.07, 6.45) is 1.33. The molecule has 0 aliphatic carbocycles. The second kappa shape index (κ2) is 11.6. The van der Waals surface area contributed by atoms with Crippen LogP contribution in [0.1, 0.15) is 26.3 Å². The molecule has 1 atom stereocenters. The largest absolute Gasteiger partial charge is 0.491 e. The summed E-state index contributed by atoms with van der Waals surface area (Å²) in [6, 6.07) is 14.1. The number of ether oxygens (including phenoxy) is 1. The Kier molecular flexibility index (Phi) is 10.2. The highest BCUT2D eigenvalue weighted by molar-refractivity contribution is 5.85. The number of aliphatic hydroxyl groups is 1. The van der Waals surface area contributed by atoms with Crippen molar-refractivity contribution >= 4 is 30.6 Å². The van der Waals surface area contributed by atoms with Crippen molar-refractivity contribution in [1.29, 1.82) is 0 Å². The summed E-state index contributed by atoms with van der Waals surface area (Å²) >= 11 is 0. The van der Waals surface area contributed by atoms with Crippen molar-refractivity contribution in [2.75, 3.05) is 44.2 Å². The van der Waals surface area contributed by atoms with Gasteiger partial charge in [-0.05, 0) is 29.2 Å². The average Bonchev–Trinajstić information content (AvgIpc) is 2.67. The van der Waals surface area contributed by atoms with Crippen LogP contribution in [0.15, 0.2) is 48.7 Å². The fourth-order valence-electron chi connectivity index (χ4n) is 3.45. The molecule has 0 saturated carbocycles. The van der Waals surface area contributed by atoms with E-state index in [0.717, 1.165) is 37.7 Å². The Morgan fingerprint density at radius 3 is 2.28 bits per heavy atom. The molecule has 0 spiro atoms. The van der Waals surface area contributed by atoms with E-state index in [-0.39, 0.29) is 30.2 Å². The van der Waals surface area contributed by atoms with Crippen LogP contribution >= 0.6 is 24.8 Å². The van der Waals surface area contributed by atoms with Crippen LogP contribution in [0, 0.1) is 0 Å². The predicted molar refractivity (Wildman–Crippen MR) is 124 cm³/mol. The molecule has 162 valence electrons. The zero-order valence-corrected chi connectivity index (χ0v) is 19.1. The van der Waals surface area contributed by atoms with Gasteiger partial charge in [0.25, 0.3) is 0 Å². The van der Waals surface area contributed by atoms with Gasteiger partial charge in [-0.2, -0.15) is 0 Å². The molecule has 1 aliphatic rings. The summed E-state index contributed by atoms with van der Waals surface area (Å²) in [5.74, 6) is 1.89. The fraction of sp³-hybridized carbons (Fsp3) is 0.500. The highest BCUT2D eigenvalue weighted by atomic mass is 35.5. The van der Waals surface area contributed by atoms with E-state index in [4.69, 9.17) is 4.74 Å². The Labute approximate surface area is 186 Å². The minimum Gasteiger partial charge on any atom is -0.491 e. The number of para-hydroxylation sites is 1. The highest BCUT2D eigenvalue weighted by Crippen LogP contribution is 2.31. The van der Waals surface area contributed by atoms with Gasteiger partial charge in [0.2, 0.25) is 0 Å². The molecule has 2 heterocycles. The van der Waals surface area contributed by atoms with Gasteiger partial charge in [-0.15, -0.1) is 24.8 Å². The third-order valence-corrected chi connectivity index (χ3v) is 4.94. The van der Waals surface area contributed by atoms with E-state index in [1.807, 2.05) is 42.6 Å². The summed E-state index contributed by atoms with van der Waals surface area (Å²) in [6.45, 7) is 11.2. The maximum absolute atomic E-state index is 10.4. The van der Waals surface area contributed by atoms with Gasteiger partial charge in [0, 0.05) is 38.9 Å². The number of anilines is 1. The second-order valence-corrected chi connectivity index (χ2v) is 8.19. The topological polar surface area (TPSA) is 48.8 Å². The zero-order chi connectivity index (χ0) is 19.3. The van der Waals surface area contributed by atoms with Gasteiger partial charge < -0.3 is 14.7 Å². The first-order valence-corrected chi connectivity index (χ1v) is 9.72.